The normalized spacial score (nSPS) is 18.5. The second-order valence-electron chi connectivity index (χ2n) is 5.85. The molecule has 0 saturated carbocycles. The van der Waals surface area contributed by atoms with Gasteiger partial charge in [0.2, 0.25) is 5.56 Å². The average molecular weight is 314 g/mol. The van der Waals surface area contributed by atoms with E-state index in [2.05, 4.69) is 4.98 Å². The van der Waals surface area contributed by atoms with E-state index in [9.17, 15) is 14.0 Å². The van der Waals surface area contributed by atoms with E-state index in [1.54, 1.807) is 23.1 Å². The number of carbonyl (C=O) groups is 1. The molecule has 5 heteroatoms. The zero-order chi connectivity index (χ0) is 16.2. The number of rotatable bonds is 2. The van der Waals surface area contributed by atoms with E-state index < -0.39 is 0 Å². The third-order valence-corrected chi connectivity index (χ3v) is 4.25. The smallest absolute Gasteiger partial charge is 0.270 e. The SMILES string of the molecule is O=C(c1cccc(=O)[nH]1)N1CCCCC[C@@H]1c1cccc(F)c1. The summed E-state index contributed by atoms with van der Waals surface area (Å²) in [5.74, 6) is -0.508. The maximum atomic E-state index is 13.6. The molecule has 0 radical (unpaired) electrons. The Hall–Kier alpha value is -2.43. The number of hydrogen-bond donors (Lipinski definition) is 1. The number of halogens is 1. The Labute approximate surface area is 134 Å². The first kappa shape index (κ1) is 15.5. The Balaban J connectivity index is 1.95. The summed E-state index contributed by atoms with van der Waals surface area (Å²) in [5.41, 5.74) is 0.785. The predicted molar refractivity (Wildman–Crippen MR) is 85.7 cm³/mol. The molecule has 4 nitrogen and oxygen atoms in total. The first-order chi connectivity index (χ1) is 11.1. The summed E-state index contributed by atoms with van der Waals surface area (Å²) in [6.45, 7) is 0.608. The molecule has 1 aliphatic rings. The van der Waals surface area contributed by atoms with Gasteiger partial charge < -0.3 is 9.88 Å². The second-order valence-corrected chi connectivity index (χ2v) is 5.85. The molecule has 0 unspecified atom stereocenters. The molecule has 1 aliphatic heterocycles. The van der Waals surface area contributed by atoms with Crippen molar-refractivity contribution in [3.8, 4) is 0 Å². The van der Waals surface area contributed by atoms with Crippen molar-refractivity contribution >= 4 is 5.91 Å². The number of H-pyrrole nitrogens is 1. The number of carbonyl (C=O) groups excluding carboxylic acids is 1. The van der Waals surface area contributed by atoms with E-state index in [1.807, 2.05) is 6.07 Å². The number of nitrogens with zero attached hydrogens (tertiary/aromatic N) is 1. The van der Waals surface area contributed by atoms with Gasteiger partial charge in [-0.05, 0) is 36.6 Å². The van der Waals surface area contributed by atoms with Crippen molar-refractivity contribution in [3.63, 3.8) is 0 Å². The third kappa shape index (κ3) is 3.50. The molecule has 2 aromatic rings. The Bertz CT molecular complexity index is 756. The molecular formula is C18H19FN2O2. The van der Waals surface area contributed by atoms with Gasteiger partial charge in [0.15, 0.2) is 0 Å². The van der Waals surface area contributed by atoms with Crippen LogP contribution in [-0.4, -0.2) is 22.3 Å². The number of nitrogens with one attached hydrogen (secondary N) is 1. The number of aromatic nitrogens is 1. The summed E-state index contributed by atoms with van der Waals surface area (Å²) >= 11 is 0. The monoisotopic (exact) mass is 314 g/mol. The molecule has 0 spiro atoms. The lowest BCUT2D eigenvalue weighted by Gasteiger charge is -2.30. The summed E-state index contributed by atoms with van der Waals surface area (Å²) in [4.78, 5) is 28.6. The summed E-state index contributed by atoms with van der Waals surface area (Å²) in [6, 6.07) is 10.8. The van der Waals surface area contributed by atoms with E-state index in [-0.39, 0.29) is 29.0 Å². The van der Waals surface area contributed by atoms with Crippen LogP contribution in [0.4, 0.5) is 4.39 Å². The van der Waals surface area contributed by atoms with Crippen LogP contribution in [0.1, 0.15) is 47.8 Å². The minimum atomic E-state index is -0.299. The van der Waals surface area contributed by atoms with Crippen LogP contribution in [-0.2, 0) is 0 Å². The fourth-order valence-electron chi connectivity index (χ4n) is 3.14. The van der Waals surface area contributed by atoms with Gasteiger partial charge in [0.25, 0.3) is 5.91 Å². The van der Waals surface area contributed by atoms with E-state index in [0.29, 0.717) is 6.54 Å². The number of aromatic amines is 1. The highest BCUT2D eigenvalue weighted by Crippen LogP contribution is 2.31. The second kappa shape index (κ2) is 6.77. The van der Waals surface area contributed by atoms with Crippen molar-refractivity contribution < 1.29 is 9.18 Å². The molecule has 1 amide bonds. The van der Waals surface area contributed by atoms with Crippen LogP contribution in [0.15, 0.2) is 47.3 Å². The minimum Gasteiger partial charge on any atom is -0.330 e. The lowest BCUT2D eigenvalue weighted by Crippen LogP contribution is -2.36. The number of likely N-dealkylation sites (tertiary alicyclic amines) is 1. The van der Waals surface area contributed by atoms with E-state index in [0.717, 1.165) is 31.2 Å². The van der Waals surface area contributed by atoms with Gasteiger partial charge in [0, 0.05) is 12.6 Å². The first-order valence-electron chi connectivity index (χ1n) is 7.91. The maximum Gasteiger partial charge on any atom is 0.270 e. The Morgan fingerprint density at radius 3 is 2.74 bits per heavy atom. The van der Waals surface area contributed by atoms with Gasteiger partial charge >= 0.3 is 0 Å². The molecule has 1 atom stereocenters. The van der Waals surface area contributed by atoms with Crippen LogP contribution in [0.25, 0.3) is 0 Å². The summed E-state index contributed by atoms with van der Waals surface area (Å²) < 4.78 is 13.6. The van der Waals surface area contributed by atoms with Crippen LogP contribution in [0.2, 0.25) is 0 Å². The van der Waals surface area contributed by atoms with Gasteiger partial charge in [-0.15, -0.1) is 0 Å². The van der Waals surface area contributed by atoms with Gasteiger partial charge in [0.1, 0.15) is 11.5 Å². The third-order valence-electron chi connectivity index (χ3n) is 4.25. The van der Waals surface area contributed by atoms with Crippen LogP contribution in [0.3, 0.4) is 0 Å². The lowest BCUT2D eigenvalue weighted by molar-refractivity contribution is 0.0674. The molecule has 1 aromatic carbocycles. The predicted octanol–water partition coefficient (Wildman–Crippen LogP) is 3.27. The highest BCUT2D eigenvalue weighted by atomic mass is 19.1. The first-order valence-corrected chi connectivity index (χ1v) is 7.91. The molecule has 1 saturated heterocycles. The average Bonchev–Trinajstić information content (AvgIpc) is 2.80. The topological polar surface area (TPSA) is 53.2 Å². The fraction of sp³-hybridized carbons (Fsp3) is 0.333. The van der Waals surface area contributed by atoms with Gasteiger partial charge in [-0.3, -0.25) is 9.59 Å². The molecule has 120 valence electrons. The summed E-state index contributed by atoms with van der Waals surface area (Å²) in [7, 11) is 0. The Kier molecular flexibility index (Phi) is 4.55. The van der Waals surface area contributed by atoms with Gasteiger partial charge in [-0.1, -0.05) is 31.0 Å². The van der Waals surface area contributed by atoms with Crippen LogP contribution in [0.5, 0.6) is 0 Å². The number of amides is 1. The molecule has 23 heavy (non-hydrogen) atoms. The van der Waals surface area contributed by atoms with Gasteiger partial charge in [-0.2, -0.15) is 0 Å². The standard InChI is InChI=1S/C18H19FN2O2/c19-14-7-4-6-13(12-14)16-9-2-1-3-11-21(16)18(23)15-8-5-10-17(22)20-15/h4-8,10,12,16H,1-3,9,11H2,(H,20,22)/t16-/m1/s1. The fourth-order valence-corrected chi connectivity index (χ4v) is 3.14. The quantitative estimate of drug-likeness (QED) is 0.925. The summed E-state index contributed by atoms with van der Waals surface area (Å²) in [6.07, 6.45) is 3.75. The number of hydrogen-bond acceptors (Lipinski definition) is 2. The van der Waals surface area contributed by atoms with Crippen molar-refractivity contribution in [3.05, 3.63) is 69.9 Å². The van der Waals surface area contributed by atoms with Crippen molar-refractivity contribution in [2.75, 3.05) is 6.54 Å². The van der Waals surface area contributed by atoms with Gasteiger partial charge in [-0.25, -0.2) is 4.39 Å². The Morgan fingerprint density at radius 2 is 1.96 bits per heavy atom. The van der Waals surface area contributed by atoms with Crippen molar-refractivity contribution in [1.82, 2.24) is 9.88 Å². The Morgan fingerprint density at radius 1 is 1.13 bits per heavy atom. The minimum absolute atomic E-state index is 0.163. The molecule has 2 heterocycles. The maximum absolute atomic E-state index is 13.6. The van der Waals surface area contributed by atoms with E-state index in [1.165, 1.54) is 18.2 Å². The number of benzene rings is 1. The largest absolute Gasteiger partial charge is 0.330 e. The van der Waals surface area contributed by atoms with Crippen molar-refractivity contribution in [2.45, 2.75) is 31.7 Å². The lowest BCUT2D eigenvalue weighted by atomic mass is 10.0. The highest BCUT2D eigenvalue weighted by Gasteiger charge is 2.28. The van der Waals surface area contributed by atoms with E-state index in [4.69, 9.17) is 0 Å². The highest BCUT2D eigenvalue weighted by molar-refractivity contribution is 5.92. The van der Waals surface area contributed by atoms with Crippen molar-refractivity contribution in [1.29, 1.82) is 0 Å². The number of pyridine rings is 1. The zero-order valence-electron chi connectivity index (χ0n) is 12.8. The summed E-state index contributed by atoms with van der Waals surface area (Å²) in [5, 5.41) is 0. The van der Waals surface area contributed by atoms with Crippen molar-refractivity contribution in [2.24, 2.45) is 0 Å². The molecule has 0 aliphatic carbocycles. The zero-order valence-corrected chi connectivity index (χ0v) is 12.8. The van der Waals surface area contributed by atoms with Gasteiger partial charge in [0.05, 0.1) is 6.04 Å². The molecular weight excluding hydrogens is 295 g/mol. The van der Waals surface area contributed by atoms with Crippen LogP contribution in [0, 0.1) is 5.82 Å². The van der Waals surface area contributed by atoms with Crippen LogP contribution >= 0.6 is 0 Å². The molecule has 1 aromatic heterocycles. The van der Waals surface area contributed by atoms with E-state index >= 15 is 0 Å². The molecule has 1 fully saturated rings. The molecule has 1 N–H and O–H groups in total. The molecule has 3 rings (SSSR count). The van der Waals surface area contributed by atoms with Crippen LogP contribution < -0.4 is 5.56 Å². The molecule has 0 bridgehead atoms.